The van der Waals surface area contributed by atoms with Crippen molar-refractivity contribution in [3.8, 4) is 0 Å². The number of piperazine rings is 1. The first-order valence-corrected chi connectivity index (χ1v) is 9.61. The predicted octanol–water partition coefficient (Wildman–Crippen LogP) is 3.16. The van der Waals surface area contributed by atoms with Gasteiger partial charge in [0.2, 0.25) is 5.91 Å². The summed E-state index contributed by atoms with van der Waals surface area (Å²) in [6.07, 6.45) is 4.20. The monoisotopic (exact) mass is 490 g/mol. The summed E-state index contributed by atoms with van der Waals surface area (Å²) in [5, 5.41) is 4.25. The van der Waals surface area contributed by atoms with Gasteiger partial charge in [0.1, 0.15) is 0 Å². The molecular formula is C19H28ClIN4O. The second kappa shape index (κ2) is 10.3. The second-order valence-electron chi connectivity index (χ2n) is 6.74. The van der Waals surface area contributed by atoms with E-state index >= 15 is 0 Å². The number of amides is 1. The van der Waals surface area contributed by atoms with Crippen LogP contribution in [0.2, 0.25) is 5.02 Å². The van der Waals surface area contributed by atoms with Gasteiger partial charge in [0.15, 0.2) is 5.96 Å². The molecular weight excluding hydrogens is 463 g/mol. The molecule has 0 atom stereocenters. The van der Waals surface area contributed by atoms with Gasteiger partial charge in [-0.1, -0.05) is 23.7 Å². The predicted molar refractivity (Wildman–Crippen MR) is 117 cm³/mol. The molecule has 1 amide bonds. The third-order valence-corrected chi connectivity index (χ3v) is 5.16. The molecule has 1 heterocycles. The summed E-state index contributed by atoms with van der Waals surface area (Å²) in [4.78, 5) is 21.4. The number of hydrogen-bond acceptors (Lipinski definition) is 2. The highest BCUT2D eigenvalue weighted by atomic mass is 127. The Labute approximate surface area is 178 Å². The van der Waals surface area contributed by atoms with Crippen LogP contribution in [0.3, 0.4) is 0 Å². The average molecular weight is 491 g/mol. The molecule has 1 aromatic carbocycles. The van der Waals surface area contributed by atoms with Crippen LogP contribution in [0.25, 0.3) is 0 Å². The number of carbonyl (C=O) groups excluding carboxylic acids is 1. The highest BCUT2D eigenvalue weighted by Crippen LogP contribution is 2.19. The molecule has 0 bridgehead atoms. The van der Waals surface area contributed by atoms with Crippen LogP contribution in [-0.4, -0.2) is 60.4 Å². The van der Waals surface area contributed by atoms with E-state index in [4.69, 9.17) is 11.6 Å². The molecule has 1 aromatic rings. The fraction of sp³-hybridized carbons (Fsp3) is 0.579. The van der Waals surface area contributed by atoms with E-state index in [0.29, 0.717) is 17.5 Å². The molecule has 1 N–H and O–H groups in total. The van der Waals surface area contributed by atoms with Gasteiger partial charge >= 0.3 is 0 Å². The Morgan fingerprint density at radius 2 is 1.92 bits per heavy atom. The standard InChI is InChI=1S/C19H27ClN4O.HI/c1-2-21-19(22-17-7-4-8-17)24-11-9-23(10-12-24)18(25)14-15-5-3-6-16(20)13-15;/h3,5-6,13,17H,2,4,7-12,14H2,1H3,(H,21,22);1H. The maximum absolute atomic E-state index is 12.5. The minimum absolute atomic E-state index is 0. The molecule has 3 rings (SSSR count). The molecule has 26 heavy (non-hydrogen) atoms. The summed E-state index contributed by atoms with van der Waals surface area (Å²) in [5.41, 5.74) is 0.972. The first-order valence-electron chi connectivity index (χ1n) is 9.24. The Morgan fingerprint density at radius 1 is 1.23 bits per heavy atom. The number of carbonyl (C=O) groups is 1. The van der Waals surface area contributed by atoms with Crippen molar-refractivity contribution in [2.24, 2.45) is 4.99 Å². The molecule has 144 valence electrons. The van der Waals surface area contributed by atoms with Gasteiger partial charge in [-0.2, -0.15) is 0 Å². The van der Waals surface area contributed by atoms with Crippen molar-refractivity contribution in [3.63, 3.8) is 0 Å². The van der Waals surface area contributed by atoms with Crippen molar-refractivity contribution >= 4 is 47.4 Å². The molecule has 1 saturated carbocycles. The molecule has 1 aliphatic heterocycles. The topological polar surface area (TPSA) is 47.9 Å². The van der Waals surface area contributed by atoms with Gasteiger partial charge < -0.3 is 15.1 Å². The van der Waals surface area contributed by atoms with Gasteiger partial charge in [-0.05, 0) is 43.9 Å². The third-order valence-electron chi connectivity index (χ3n) is 4.92. The minimum atomic E-state index is 0. The SMILES string of the molecule is CCN=C(NC1CCC1)N1CCN(C(=O)Cc2cccc(Cl)c2)CC1.I. The van der Waals surface area contributed by atoms with E-state index in [0.717, 1.165) is 44.2 Å². The van der Waals surface area contributed by atoms with Gasteiger partial charge in [-0.15, -0.1) is 24.0 Å². The summed E-state index contributed by atoms with van der Waals surface area (Å²) in [6.45, 7) is 6.00. The molecule has 7 heteroatoms. The zero-order valence-electron chi connectivity index (χ0n) is 15.3. The Balaban J connectivity index is 0.00000243. The molecule has 0 radical (unpaired) electrons. The van der Waals surface area contributed by atoms with Crippen LogP contribution in [0.4, 0.5) is 0 Å². The third kappa shape index (κ3) is 5.74. The van der Waals surface area contributed by atoms with Crippen LogP contribution in [0.5, 0.6) is 0 Å². The fourth-order valence-corrected chi connectivity index (χ4v) is 3.44. The van der Waals surface area contributed by atoms with E-state index in [1.54, 1.807) is 0 Å². The minimum Gasteiger partial charge on any atom is -0.354 e. The van der Waals surface area contributed by atoms with E-state index in [1.165, 1.54) is 19.3 Å². The molecule has 2 aliphatic rings. The van der Waals surface area contributed by atoms with Crippen LogP contribution in [-0.2, 0) is 11.2 Å². The lowest BCUT2D eigenvalue weighted by molar-refractivity contribution is -0.131. The van der Waals surface area contributed by atoms with E-state index < -0.39 is 0 Å². The molecule has 0 unspecified atom stereocenters. The Bertz CT molecular complexity index is 628. The second-order valence-corrected chi connectivity index (χ2v) is 7.18. The molecule has 0 spiro atoms. The zero-order chi connectivity index (χ0) is 17.6. The summed E-state index contributed by atoms with van der Waals surface area (Å²) in [6, 6.07) is 8.12. The first kappa shape index (κ1) is 21.3. The number of nitrogens with zero attached hydrogens (tertiary/aromatic N) is 3. The van der Waals surface area contributed by atoms with Crippen LogP contribution >= 0.6 is 35.6 Å². The highest BCUT2D eigenvalue weighted by Gasteiger charge is 2.26. The smallest absolute Gasteiger partial charge is 0.227 e. The van der Waals surface area contributed by atoms with E-state index in [2.05, 4.69) is 22.1 Å². The first-order chi connectivity index (χ1) is 12.2. The van der Waals surface area contributed by atoms with Crippen molar-refractivity contribution in [1.29, 1.82) is 0 Å². The quantitative estimate of drug-likeness (QED) is 0.401. The lowest BCUT2D eigenvalue weighted by Gasteiger charge is -2.39. The van der Waals surface area contributed by atoms with Gasteiger partial charge in [-0.3, -0.25) is 9.79 Å². The molecule has 2 fully saturated rings. The lowest BCUT2D eigenvalue weighted by Crippen LogP contribution is -2.56. The molecule has 5 nitrogen and oxygen atoms in total. The maximum Gasteiger partial charge on any atom is 0.227 e. The van der Waals surface area contributed by atoms with E-state index in [-0.39, 0.29) is 29.9 Å². The zero-order valence-corrected chi connectivity index (χ0v) is 18.4. The lowest BCUT2D eigenvalue weighted by atomic mass is 9.93. The van der Waals surface area contributed by atoms with Crippen molar-refractivity contribution in [2.45, 2.75) is 38.6 Å². The number of rotatable bonds is 4. The van der Waals surface area contributed by atoms with Crippen molar-refractivity contribution in [3.05, 3.63) is 34.9 Å². The summed E-state index contributed by atoms with van der Waals surface area (Å²) >= 11 is 6.00. The number of aliphatic imine (C=N–C) groups is 1. The summed E-state index contributed by atoms with van der Waals surface area (Å²) in [5.74, 6) is 1.18. The Morgan fingerprint density at radius 3 is 2.50 bits per heavy atom. The number of guanidine groups is 1. The molecule has 1 aliphatic carbocycles. The van der Waals surface area contributed by atoms with Gasteiger partial charge in [-0.25, -0.2) is 0 Å². The van der Waals surface area contributed by atoms with Crippen LogP contribution < -0.4 is 5.32 Å². The maximum atomic E-state index is 12.5. The number of nitrogens with one attached hydrogen (secondary N) is 1. The van der Waals surface area contributed by atoms with Gasteiger partial charge in [0.05, 0.1) is 6.42 Å². The largest absolute Gasteiger partial charge is 0.354 e. The van der Waals surface area contributed by atoms with Crippen LogP contribution in [0.15, 0.2) is 29.3 Å². The van der Waals surface area contributed by atoms with E-state index in [1.807, 2.05) is 29.2 Å². The van der Waals surface area contributed by atoms with Crippen molar-refractivity contribution < 1.29 is 4.79 Å². The van der Waals surface area contributed by atoms with Crippen molar-refractivity contribution in [1.82, 2.24) is 15.1 Å². The van der Waals surface area contributed by atoms with Crippen molar-refractivity contribution in [2.75, 3.05) is 32.7 Å². The number of hydrogen-bond donors (Lipinski definition) is 1. The molecule has 1 saturated heterocycles. The Kier molecular flexibility index (Phi) is 8.47. The Hall–Kier alpha value is -1.02. The van der Waals surface area contributed by atoms with Gasteiger partial charge in [0, 0.05) is 43.8 Å². The van der Waals surface area contributed by atoms with Crippen LogP contribution in [0, 0.1) is 0 Å². The van der Waals surface area contributed by atoms with E-state index in [9.17, 15) is 4.79 Å². The summed E-state index contributed by atoms with van der Waals surface area (Å²) in [7, 11) is 0. The van der Waals surface area contributed by atoms with Gasteiger partial charge in [0.25, 0.3) is 0 Å². The fourth-order valence-electron chi connectivity index (χ4n) is 3.22. The normalized spacial score (nSPS) is 18.2. The van der Waals surface area contributed by atoms with Crippen LogP contribution in [0.1, 0.15) is 31.7 Å². The highest BCUT2D eigenvalue weighted by molar-refractivity contribution is 14.0. The summed E-state index contributed by atoms with van der Waals surface area (Å²) < 4.78 is 0. The number of benzene rings is 1. The molecule has 0 aromatic heterocycles. The number of halogens is 2. The average Bonchev–Trinajstić information content (AvgIpc) is 2.57.